The lowest BCUT2D eigenvalue weighted by Gasteiger charge is -2.08. The second kappa shape index (κ2) is 8.10. The number of nitrogens with zero attached hydrogens (tertiary/aromatic N) is 4. The van der Waals surface area contributed by atoms with Crippen molar-refractivity contribution in [2.75, 3.05) is 0 Å². The molecule has 0 bridgehead atoms. The van der Waals surface area contributed by atoms with E-state index in [2.05, 4.69) is 27.4 Å². The lowest BCUT2D eigenvalue weighted by Crippen LogP contribution is -2.24. The maximum absolute atomic E-state index is 13.0. The largest absolute Gasteiger partial charge is 0.417 e. The molecule has 0 aliphatic carbocycles. The summed E-state index contributed by atoms with van der Waals surface area (Å²) < 4.78 is 40.2. The molecule has 0 spiro atoms. The third-order valence-corrected chi connectivity index (χ3v) is 6.02. The fourth-order valence-corrected chi connectivity index (χ4v) is 4.07. The fraction of sp³-hybridized carbons (Fsp3) is 0.238. The number of pyridine rings is 1. The Hall–Kier alpha value is -3.27. The average molecular weight is 445 g/mol. The van der Waals surface area contributed by atoms with Crippen molar-refractivity contribution < 1.29 is 18.0 Å². The van der Waals surface area contributed by atoms with Gasteiger partial charge in [0.1, 0.15) is 9.88 Å². The molecule has 0 unspecified atom stereocenters. The van der Waals surface area contributed by atoms with Gasteiger partial charge in [-0.15, -0.1) is 21.5 Å². The van der Waals surface area contributed by atoms with Gasteiger partial charge in [0, 0.05) is 11.8 Å². The average Bonchev–Trinajstić information content (AvgIpc) is 3.34. The second-order valence-corrected chi connectivity index (χ2v) is 7.93. The van der Waals surface area contributed by atoms with Crippen LogP contribution >= 0.6 is 11.3 Å². The topological polar surface area (TPSA) is 72.2 Å². The highest BCUT2D eigenvalue weighted by molar-refractivity contribution is 7.17. The highest BCUT2D eigenvalue weighted by atomic mass is 32.1. The van der Waals surface area contributed by atoms with E-state index in [1.165, 1.54) is 27.4 Å². The number of aryl methyl sites for hydroxylation is 2. The zero-order valence-corrected chi connectivity index (χ0v) is 17.5. The van der Waals surface area contributed by atoms with Crippen molar-refractivity contribution in [2.24, 2.45) is 0 Å². The first-order valence-electron chi connectivity index (χ1n) is 9.52. The molecule has 1 aromatic carbocycles. The van der Waals surface area contributed by atoms with E-state index in [4.69, 9.17) is 0 Å². The number of alkyl halides is 3. The Morgan fingerprint density at radius 2 is 1.87 bits per heavy atom. The Balaban J connectivity index is 1.52. The number of thiazole rings is 1. The van der Waals surface area contributed by atoms with Gasteiger partial charge in [-0.1, -0.05) is 31.2 Å². The Labute approximate surface area is 179 Å². The number of amides is 1. The van der Waals surface area contributed by atoms with Gasteiger partial charge in [-0.05, 0) is 31.0 Å². The first-order chi connectivity index (χ1) is 14.8. The van der Waals surface area contributed by atoms with Crippen molar-refractivity contribution in [3.63, 3.8) is 0 Å². The van der Waals surface area contributed by atoms with Gasteiger partial charge < -0.3 is 5.32 Å². The third-order valence-electron chi connectivity index (χ3n) is 4.82. The molecule has 0 saturated carbocycles. The van der Waals surface area contributed by atoms with Crippen molar-refractivity contribution >= 4 is 22.9 Å². The molecule has 3 heterocycles. The van der Waals surface area contributed by atoms with Crippen LogP contribution < -0.4 is 5.32 Å². The molecular weight excluding hydrogens is 427 g/mol. The maximum Gasteiger partial charge on any atom is 0.417 e. The van der Waals surface area contributed by atoms with E-state index < -0.39 is 11.7 Å². The summed E-state index contributed by atoms with van der Waals surface area (Å²) in [4.78, 5) is 17.6. The van der Waals surface area contributed by atoms with Crippen LogP contribution in [0.3, 0.4) is 0 Å². The molecule has 0 atom stereocenters. The van der Waals surface area contributed by atoms with Crippen molar-refractivity contribution in [3.8, 4) is 10.6 Å². The van der Waals surface area contributed by atoms with Gasteiger partial charge in [-0.3, -0.25) is 9.20 Å². The van der Waals surface area contributed by atoms with E-state index >= 15 is 0 Å². The Morgan fingerprint density at radius 1 is 1.13 bits per heavy atom. The number of hydrogen-bond donors (Lipinski definition) is 1. The summed E-state index contributed by atoms with van der Waals surface area (Å²) in [6.45, 7) is 3.75. The minimum Gasteiger partial charge on any atom is -0.344 e. The van der Waals surface area contributed by atoms with Crippen molar-refractivity contribution in [1.82, 2.24) is 24.9 Å². The van der Waals surface area contributed by atoms with Crippen LogP contribution in [0.1, 0.15) is 39.2 Å². The van der Waals surface area contributed by atoms with Crippen molar-refractivity contribution in [3.05, 3.63) is 70.1 Å². The van der Waals surface area contributed by atoms with Crippen molar-refractivity contribution in [2.45, 2.75) is 33.0 Å². The Kier molecular flexibility index (Phi) is 5.48. The molecule has 0 fully saturated rings. The molecule has 1 N–H and O–H groups in total. The number of carbonyl (C=O) groups excluding carboxylic acids is 1. The summed E-state index contributed by atoms with van der Waals surface area (Å²) in [7, 11) is 0. The van der Waals surface area contributed by atoms with Gasteiger partial charge in [0.15, 0.2) is 11.5 Å². The van der Waals surface area contributed by atoms with E-state index in [-0.39, 0.29) is 23.9 Å². The maximum atomic E-state index is 13.0. The molecule has 0 radical (unpaired) electrons. The lowest BCUT2D eigenvalue weighted by atomic mass is 10.1. The van der Waals surface area contributed by atoms with Crippen LogP contribution in [0.2, 0.25) is 0 Å². The molecule has 3 aromatic heterocycles. The quantitative estimate of drug-likeness (QED) is 0.485. The summed E-state index contributed by atoms with van der Waals surface area (Å²) in [6, 6.07) is 10.2. The van der Waals surface area contributed by atoms with Gasteiger partial charge in [0.05, 0.1) is 17.8 Å². The Bertz CT molecular complexity index is 1240. The number of nitrogens with one attached hydrogen (secondary N) is 1. The number of hydrogen-bond acceptors (Lipinski definition) is 5. The zero-order valence-electron chi connectivity index (χ0n) is 16.7. The van der Waals surface area contributed by atoms with Crippen LogP contribution in [-0.4, -0.2) is 25.5 Å². The molecule has 4 rings (SSSR count). The number of halogens is 3. The number of carbonyl (C=O) groups is 1. The van der Waals surface area contributed by atoms with E-state index in [1.807, 2.05) is 24.3 Å². The summed E-state index contributed by atoms with van der Waals surface area (Å²) in [5.74, 6) is -0.165. The number of fused-ring (bicyclic) bond motifs is 1. The SMILES string of the molecule is CCc1ccc(-c2nc(C)c(C(=O)NCc3nnc4ccc(C(F)(F)F)cn34)s2)cc1. The van der Waals surface area contributed by atoms with Gasteiger partial charge in [0.25, 0.3) is 5.91 Å². The van der Waals surface area contributed by atoms with Gasteiger partial charge in [-0.2, -0.15) is 13.2 Å². The molecule has 160 valence electrons. The zero-order chi connectivity index (χ0) is 22.2. The summed E-state index contributed by atoms with van der Waals surface area (Å²) in [6.07, 6.45) is -2.62. The fourth-order valence-electron chi connectivity index (χ4n) is 3.08. The van der Waals surface area contributed by atoms with E-state index in [0.29, 0.717) is 10.6 Å². The minimum absolute atomic E-state index is 0.0703. The molecule has 1 amide bonds. The molecular formula is C21H18F3N5OS. The molecule has 0 saturated heterocycles. The lowest BCUT2D eigenvalue weighted by molar-refractivity contribution is -0.137. The predicted molar refractivity (Wildman–Crippen MR) is 111 cm³/mol. The van der Waals surface area contributed by atoms with E-state index in [0.717, 1.165) is 29.3 Å². The predicted octanol–water partition coefficient (Wildman–Crippen LogP) is 4.67. The standard InChI is InChI=1S/C21H18F3N5OS/c1-3-13-4-6-14(7-5-13)20-26-12(2)18(31-20)19(30)25-10-17-28-27-16-9-8-15(11-29(16)17)21(22,23)24/h4-9,11H,3,10H2,1-2H3,(H,25,30). The normalized spacial score (nSPS) is 11.8. The van der Waals surface area contributed by atoms with Crippen LogP contribution in [0.4, 0.5) is 13.2 Å². The number of benzene rings is 1. The highest BCUT2D eigenvalue weighted by Gasteiger charge is 2.31. The molecule has 4 aromatic rings. The summed E-state index contributed by atoms with van der Waals surface area (Å²) in [5, 5.41) is 11.2. The van der Waals surface area contributed by atoms with Gasteiger partial charge in [0.2, 0.25) is 0 Å². The van der Waals surface area contributed by atoms with Crippen LogP contribution in [-0.2, 0) is 19.1 Å². The van der Waals surface area contributed by atoms with E-state index in [9.17, 15) is 18.0 Å². The first kappa shape index (κ1) is 21.0. The van der Waals surface area contributed by atoms with E-state index in [1.54, 1.807) is 6.92 Å². The highest BCUT2D eigenvalue weighted by Crippen LogP contribution is 2.30. The van der Waals surface area contributed by atoms with Crippen LogP contribution in [0.15, 0.2) is 42.6 Å². The van der Waals surface area contributed by atoms with Crippen LogP contribution in [0.5, 0.6) is 0 Å². The summed E-state index contributed by atoms with van der Waals surface area (Å²) >= 11 is 1.27. The molecule has 0 aliphatic heterocycles. The molecule has 10 heteroatoms. The van der Waals surface area contributed by atoms with Gasteiger partial charge >= 0.3 is 6.18 Å². The van der Waals surface area contributed by atoms with Crippen LogP contribution in [0, 0.1) is 6.92 Å². The monoisotopic (exact) mass is 445 g/mol. The molecule has 6 nitrogen and oxygen atoms in total. The second-order valence-electron chi connectivity index (χ2n) is 6.93. The third kappa shape index (κ3) is 4.29. The van der Waals surface area contributed by atoms with Crippen LogP contribution in [0.25, 0.3) is 16.2 Å². The van der Waals surface area contributed by atoms with Gasteiger partial charge in [-0.25, -0.2) is 4.98 Å². The minimum atomic E-state index is -4.48. The number of rotatable bonds is 5. The molecule has 0 aliphatic rings. The Morgan fingerprint density at radius 3 is 2.55 bits per heavy atom. The summed E-state index contributed by atoms with van der Waals surface area (Å²) in [5.41, 5.74) is 2.17. The molecule has 31 heavy (non-hydrogen) atoms. The number of aromatic nitrogens is 4. The first-order valence-corrected chi connectivity index (χ1v) is 10.3. The smallest absolute Gasteiger partial charge is 0.344 e. The van der Waals surface area contributed by atoms with Crippen molar-refractivity contribution in [1.29, 1.82) is 0 Å².